The summed E-state index contributed by atoms with van der Waals surface area (Å²) >= 11 is 0. The van der Waals surface area contributed by atoms with Crippen LogP contribution in [0.2, 0.25) is 0 Å². The van der Waals surface area contributed by atoms with E-state index in [1.807, 2.05) is 25.9 Å². The van der Waals surface area contributed by atoms with Gasteiger partial charge in [0.05, 0.1) is 25.7 Å². The van der Waals surface area contributed by atoms with Crippen LogP contribution in [-0.4, -0.2) is 101 Å². The zero-order chi connectivity index (χ0) is 25.5. The summed E-state index contributed by atoms with van der Waals surface area (Å²) < 4.78 is 6.24. The lowest BCUT2D eigenvalue weighted by Crippen LogP contribution is -2.51. The highest BCUT2D eigenvalue weighted by molar-refractivity contribution is 5.97. The Morgan fingerprint density at radius 1 is 1.26 bits per heavy atom. The van der Waals surface area contributed by atoms with Gasteiger partial charge in [-0.1, -0.05) is 18.8 Å². The fourth-order valence-electron chi connectivity index (χ4n) is 3.73. The van der Waals surface area contributed by atoms with Crippen molar-refractivity contribution in [1.29, 1.82) is 0 Å². The van der Waals surface area contributed by atoms with Gasteiger partial charge in [0.15, 0.2) is 0 Å². The summed E-state index contributed by atoms with van der Waals surface area (Å²) in [6.07, 6.45) is 4.50. The Hall–Kier alpha value is -3.48. The number of likely N-dealkylation sites (N-methyl/N-ethyl adjacent to an activating group) is 2. The van der Waals surface area contributed by atoms with Gasteiger partial charge in [0.25, 0.3) is 5.91 Å². The average Bonchev–Trinajstić information content (AvgIpc) is 2.84. The highest BCUT2D eigenvalue weighted by Crippen LogP contribution is 2.27. The van der Waals surface area contributed by atoms with Crippen LogP contribution < -0.4 is 4.74 Å². The number of nitrogens with zero attached hydrogens (tertiary/aromatic N) is 5. The fraction of sp³-hybridized carbons (Fsp3) is 0.462. The maximum atomic E-state index is 13.5. The molecule has 0 fully saturated rings. The van der Waals surface area contributed by atoms with Crippen molar-refractivity contribution in [2.75, 3.05) is 47.4 Å². The molecule has 3 heterocycles. The number of hydrogen-bond donors (Lipinski definition) is 1. The van der Waals surface area contributed by atoms with Crippen molar-refractivity contribution in [2.24, 2.45) is 5.92 Å². The number of pyridine rings is 2. The minimum atomic E-state index is -0.396. The normalized spacial score (nSPS) is 18.5. The number of aliphatic hydroxyl groups is 1. The maximum Gasteiger partial charge on any atom is 0.259 e. The summed E-state index contributed by atoms with van der Waals surface area (Å²) in [4.78, 5) is 39.5. The molecule has 1 aliphatic heterocycles. The molecule has 35 heavy (non-hydrogen) atoms. The van der Waals surface area contributed by atoms with Gasteiger partial charge in [-0.3, -0.25) is 14.6 Å². The standard InChI is InChI=1S/C26H33N5O4/c1-18-14-31(19(2)17-32)26(34)22-12-21(7-6-20-8-10-27-11-9-20)13-28-25(22)35-23(18)15-30(5)24(33)16-29(3)4/h8-13,18-19,23,32H,14-17H2,1-5H3/t18-,19-,23-/m1/s1. The van der Waals surface area contributed by atoms with Crippen LogP contribution in [0, 0.1) is 17.8 Å². The Kier molecular flexibility index (Phi) is 8.79. The first-order chi connectivity index (χ1) is 16.7. The van der Waals surface area contributed by atoms with Crippen molar-refractivity contribution in [1.82, 2.24) is 24.7 Å². The van der Waals surface area contributed by atoms with Gasteiger partial charge in [0.2, 0.25) is 11.8 Å². The zero-order valence-corrected chi connectivity index (χ0v) is 20.9. The molecule has 0 unspecified atom stereocenters. The Labute approximate surface area is 206 Å². The summed E-state index contributed by atoms with van der Waals surface area (Å²) in [5.41, 5.74) is 1.65. The average molecular weight is 480 g/mol. The van der Waals surface area contributed by atoms with Crippen LogP contribution >= 0.6 is 0 Å². The van der Waals surface area contributed by atoms with Gasteiger partial charge >= 0.3 is 0 Å². The molecule has 2 aromatic heterocycles. The van der Waals surface area contributed by atoms with E-state index >= 15 is 0 Å². The molecular formula is C26H33N5O4. The zero-order valence-electron chi connectivity index (χ0n) is 20.9. The van der Waals surface area contributed by atoms with Crippen LogP contribution in [0.5, 0.6) is 5.88 Å². The molecule has 1 N–H and O–H groups in total. The van der Waals surface area contributed by atoms with E-state index in [1.54, 1.807) is 60.6 Å². The van der Waals surface area contributed by atoms with Gasteiger partial charge in [0.1, 0.15) is 11.7 Å². The van der Waals surface area contributed by atoms with Crippen molar-refractivity contribution in [3.63, 3.8) is 0 Å². The van der Waals surface area contributed by atoms with Crippen LogP contribution in [0.15, 0.2) is 36.8 Å². The van der Waals surface area contributed by atoms with Gasteiger partial charge in [-0.2, -0.15) is 0 Å². The fourth-order valence-corrected chi connectivity index (χ4v) is 3.73. The van der Waals surface area contributed by atoms with Gasteiger partial charge < -0.3 is 24.5 Å². The molecule has 0 radical (unpaired) electrons. The molecule has 2 aromatic rings. The van der Waals surface area contributed by atoms with E-state index in [0.717, 1.165) is 5.56 Å². The minimum Gasteiger partial charge on any atom is -0.472 e. The highest BCUT2D eigenvalue weighted by Gasteiger charge is 2.34. The predicted octanol–water partition coefficient (Wildman–Crippen LogP) is 1.12. The monoisotopic (exact) mass is 479 g/mol. The summed E-state index contributed by atoms with van der Waals surface area (Å²) in [5, 5.41) is 9.81. The molecule has 1 aliphatic rings. The number of aromatic nitrogens is 2. The molecule has 0 saturated heterocycles. The van der Waals surface area contributed by atoms with Crippen molar-refractivity contribution < 1.29 is 19.4 Å². The van der Waals surface area contributed by atoms with Gasteiger partial charge in [-0.05, 0) is 39.2 Å². The van der Waals surface area contributed by atoms with Crippen molar-refractivity contribution in [3.05, 3.63) is 53.5 Å². The second-order valence-electron chi connectivity index (χ2n) is 9.20. The topological polar surface area (TPSA) is 99.1 Å². The molecule has 3 rings (SSSR count). The maximum absolute atomic E-state index is 13.5. The molecule has 186 valence electrons. The molecular weight excluding hydrogens is 446 g/mol. The Morgan fingerprint density at radius 3 is 2.60 bits per heavy atom. The first kappa shape index (κ1) is 26.1. The SMILES string of the molecule is C[C@@H]1CN([C@H](C)CO)C(=O)c2cc(C#Cc3ccncc3)cnc2O[C@@H]1CN(C)C(=O)CN(C)C. The number of ether oxygens (including phenoxy) is 1. The van der Waals surface area contributed by atoms with E-state index in [-0.39, 0.29) is 42.3 Å². The van der Waals surface area contributed by atoms with Crippen molar-refractivity contribution in [3.8, 4) is 17.7 Å². The number of hydrogen-bond acceptors (Lipinski definition) is 7. The summed E-state index contributed by atoms with van der Waals surface area (Å²) in [6.45, 7) is 4.60. The van der Waals surface area contributed by atoms with Crippen molar-refractivity contribution in [2.45, 2.75) is 26.0 Å². The van der Waals surface area contributed by atoms with Crippen LogP contribution in [0.25, 0.3) is 0 Å². The van der Waals surface area contributed by atoms with E-state index in [2.05, 4.69) is 21.8 Å². The summed E-state index contributed by atoms with van der Waals surface area (Å²) in [5.74, 6) is 5.87. The molecule has 2 amide bonds. The highest BCUT2D eigenvalue weighted by atomic mass is 16.5. The van der Waals surface area contributed by atoms with E-state index < -0.39 is 12.1 Å². The van der Waals surface area contributed by atoms with E-state index in [4.69, 9.17) is 4.74 Å². The third kappa shape index (κ3) is 6.78. The third-order valence-electron chi connectivity index (χ3n) is 5.88. The lowest BCUT2D eigenvalue weighted by Gasteiger charge is -2.37. The second-order valence-corrected chi connectivity index (χ2v) is 9.20. The summed E-state index contributed by atoms with van der Waals surface area (Å²) in [7, 11) is 5.43. The molecule has 0 bridgehead atoms. The van der Waals surface area contributed by atoms with E-state index in [0.29, 0.717) is 18.7 Å². The first-order valence-corrected chi connectivity index (χ1v) is 11.6. The first-order valence-electron chi connectivity index (χ1n) is 11.6. The molecule has 9 heteroatoms. The van der Waals surface area contributed by atoms with Gasteiger partial charge in [-0.25, -0.2) is 4.98 Å². The van der Waals surface area contributed by atoms with Crippen LogP contribution in [0.1, 0.15) is 35.3 Å². The summed E-state index contributed by atoms with van der Waals surface area (Å²) in [6, 6.07) is 4.88. The van der Waals surface area contributed by atoms with Gasteiger partial charge in [0, 0.05) is 49.2 Å². The molecule has 9 nitrogen and oxygen atoms in total. The van der Waals surface area contributed by atoms with E-state index in [9.17, 15) is 14.7 Å². The van der Waals surface area contributed by atoms with Crippen molar-refractivity contribution >= 4 is 11.8 Å². The van der Waals surface area contributed by atoms with Crippen LogP contribution in [-0.2, 0) is 4.79 Å². The largest absolute Gasteiger partial charge is 0.472 e. The number of carbonyl (C=O) groups is 2. The molecule has 0 aromatic carbocycles. The van der Waals surface area contributed by atoms with Crippen LogP contribution in [0.3, 0.4) is 0 Å². The lowest BCUT2D eigenvalue weighted by atomic mass is 10.00. The van der Waals surface area contributed by atoms with Gasteiger partial charge in [-0.15, -0.1) is 0 Å². The lowest BCUT2D eigenvalue weighted by molar-refractivity contribution is -0.132. The predicted molar refractivity (Wildman–Crippen MR) is 132 cm³/mol. The minimum absolute atomic E-state index is 0.0283. The molecule has 0 spiro atoms. The Morgan fingerprint density at radius 2 is 1.94 bits per heavy atom. The third-order valence-corrected chi connectivity index (χ3v) is 5.88. The Bertz CT molecular complexity index is 1100. The van der Waals surface area contributed by atoms with E-state index in [1.165, 1.54) is 0 Å². The molecule has 0 aliphatic carbocycles. The number of fused-ring (bicyclic) bond motifs is 1. The number of amides is 2. The quantitative estimate of drug-likeness (QED) is 0.620. The smallest absolute Gasteiger partial charge is 0.259 e. The number of carbonyl (C=O) groups excluding carboxylic acids is 2. The molecule has 3 atom stereocenters. The molecule has 0 saturated carbocycles. The second kappa shape index (κ2) is 11.8. The van der Waals surface area contributed by atoms with Crippen LogP contribution in [0.4, 0.5) is 0 Å². The Balaban J connectivity index is 1.95. The number of rotatable bonds is 6. The number of aliphatic hydroxyl groups excluding tert-OH is 1.